The van der Waals surface area contributed by atoms with Gasteiger partial charge in [0, 0.05) is 100 Å². The molecule has 3 fully saturated rings. The molecule has 25 heteroatoms. The molecule has 0 aromatic heterocycles. The molecule has 25 nitrogen and oxygen atoms in total. The number of anilines is 1. The van der Waals surface area contributed by atoms with Crippen LogP contribution in [0.1, 0.15) is 254 Å². The fraction of sp³-hybridized carbons (Fsp3) is 0.677. The maximum atomic E-state index is 13.8. The number of benzene rings is 4. The first kappa shape index (κ1) is 101. The van der Waals surface area contributed by atoms with Crippen LogP contribution in [-0.4, -0.2) is 214 Å². The van der Waals surface area contributed by atoms with Crippen molar-refractivity contribution in [1.82, 2.24) is 26.2 Å². The number of unbranched alkanes of at least 4 members (excludes halogenated alkanes) is 14. The van der Waals surface area contributed by atoms with Crippen LogP contribution in [-0.2, 0) is 72.2 Å². The second kappa shape index (κ2) is 55.9. The molecule has 3 aliphatic heterocycles. The van der Waals surface area contributed by atoms with Crippen molar-refractivity contribution in [2.75, 3.05) is 132 Å². The normalized spacial score (nSPS) is 21.7. The Balaban J connectivity index is 0.715. The quantitative estimate of drug-likeness (QED) is 0.0136. The summed E-state index contributed by atoms with van der Waals surface area (Å²) in [6.45, 7) is 24.0. The van der Waals surface area contributed by atoms with E-state index in [1.165, 1.54) is 77.3 Å². The van der Waals surface area contributed by atoms with Crippen molar-refractivity contribution in [3.05, 3.63) is 125 Å². The predicted molar refractivity (Wildman–Crippen MR) is 470 cm³/mol. The van der Waals surface area contributed by atoms with Crippen LogP contribution in [0, 0.1) is 35.0 Å². The number of hydrogen-bond donors (Lipinski definition) is 6. The largest absolute Gasteiger partial charge is 0.497 e. The third-order valence-electron chi connectivity index (χ3n) is 24.6. The Morgan fingerprint density at radius 1 is 0.504 bits per heavy atom. The average Bonchev–Trinajstić information content (AvgIpc) is 1.57. The summed E-state index contributed by atoms with van der Waals surface area (Å²) >= 11 is 0. The molecule has 4 aromatic carbocycles. The standard InChI is InChI=1S/C96H148N6O19/c1-12-86-69(3)71(5)90(99-73(7)104)93(120-86)117-60-58-115-56-54-113-52-33-37-85(107)75-62-76(92(110)98-51-53-114-55-57-116-59-61-118-94-91(100-74(8)105)72(6)70(4)87(13-2)121-94)64-81(63-75)101-88(108)48-43-82(106)36-29-22-18-15-14-16-20-24-31-49-97-50-32-25-21-17-19-23-30-38-89(109)102-65-80(95(9,67-102)68-103)66-119-96(77-34-27-26-28-35-77,78-39-44-83(111-10)45-40-78)79-41-46-84(112-11)47-42-79/h26-28,34-35,39-42,44-47,62-64,69-72,80,86-87,90-91,93-94,97,103H,12-25,29-33,36-38,43,48-61,65-68H2,1-11H3,(H,98,110)(H,99,104)(H,100,105)(H,101,108)/t69-,70-,71+,72+,80?,86-,87-,90-,91-,93?,94?,95?/m1/s1. The van der Waals surface area contributed by atoms with E-state index in [0.29, 0.717) is 58.8 Å². The van der Waals surface area contributed by atoms with Gasteiger partial charge in [0.2, 0.25) is 23.6 Å². The number of rotatable bonds is 62. The molecule has 4 unspecified atom stereocenters. The molecular weight excluding hydrogens is 1540 g/mol. The summed E-state index contributed by atoms with van der Waals surface area (Å²) < 4.78 is 65.9. The van der Waals surface area contributed by atoms with Crippen LogP contribution in [0.5, 0.6) is 11.5 Å². The fourth-order valence-electron chi connectivity index (χ4n) is 16.7. The summed E-state index contributed by atoms with van der Waals surface area (Å²) in [6, 6.07) is 30.2. The number of aliphatic hydroxyl groups excluding tert-OH is 1. The van der Waals surface area contributed by atoms with Crippen LogP contribution >= 0.6 is 0 Å². The van der Waals surface area contributed by atoms with E-state index in [2.05, 4.69) is 87.2 Å². The number of ketones is 2. The first-order chi connectivity index (χ1) is 58.6. The number of nitrogens with zero attached hydrogens (tertiary/aromatic N) is 1. The topological polar surface area (TPSA) is 305 Å². The Labute approximate surface area is 722 Å². The minimum Gasteiger partial charge on any atom is -0.497 e. The summed E-state index contributed by atoms with van der Waals surface area (Å²) in [5.74, 6) is 1.03. The van der Waals surface area contributed by atoms with Crippen molar-refractivity contribution in [1.29, 1.82) is 0 Å². The zero-order chi connectivity index (χ0) is 87.2. The molecule has 121 heavy (non-hydrogen) atoms. The summed E-state index contributed by atoms with van der Waals surface area (Å²) in [7, 11) is 3.31. The van der Waals surface area contributed by atoms with Gasteiger partial charge in [0.05, 0.1) is 111 Å². The lowest BCUT2D eigenvalue weighted by Gasteiger charge is -2.44. The second-order valence-electron chi connectivity index (χ2n) is 33.7. The number of ether oxygens (including phenoxy) is 11. The molecule has 3 saturated heterocycles. The molecule has 0 aliphatic carbocycles. The highest BCUT2D eigenvalue weighted by molar-refractivity contribution is 6.03. The van der Waals surface area contributed by atoms with Gasteiger partial charge >= 0.3 is 0 Å². The van der Waals surface area contributed by atoms with Gasteiger partial charge in [-0.15, -0.1) is 0 Å². The number of methoxy groups -OCH3 is 2. The number of carbonyl (C=O) groups is 7. The lowest BCUT2D eigenvalue weighted by molar-refractivity contribution is -0.239. The molecule has 4 aromatic rings. The van der Waals surface area contributed by atoms with Crippen LogP contribution in [0.15, 0.2) is 97.1 Å². The molecule has 0 bridgehead atoms. The average molecular weight is 1690 g/mol. The van der Waals surface area contributed by atoms with Crippen LogP contribution in [0.2, 0.25) is 0 Å². The zero-order valence-corrected chi connectivity index (χ0v) is 74.8. The number of likely N-dealkylation sites (tertiary alicyclic amines) is 1. The molecular formula is C96H148N6O19. The maximum Gasteiger partial charge on any atom is 0.251 e. The van der Waals surface area contributed by atoms with Gasteiger partial charge < -0.3 is 88.7 Å². The van der Waals surface area contributed by atoms with Crippen LogP contribution in [0.4, 0.5) is 5.69 Å². The molecule has 12 atom stereocenters. The predicted octanol–water partition coefficient (Wildman–Crippen LogP) is 14.7. The van der Waals surface area contributed by atoms with Gasteiger partial charge in [0.25, 0.3) is 5.91 Å². The van der Waals surface area contributed by atoms with Crippen molar-refractivity contribution in [2.45, 2.75) is 259 Å². The van der Waals surface area contributed by atoms with Gasteiger partial charge in [-0.3, -0.25) is 33.6 Å². The molecule has 0 radical (unpaired) electrons. The first-order valence-corrected chi connectivity index (χ1v) is 45.3. The number of hydrogen-bond acceptors (Lipinski definition) is 20. The number of Topliss-reactive ketones (excluding diaryl/α,β-unsaturated/α-hetero) is 2. The zero-order valence-electron chi connectivity index (χ0n) is 74.8. The van der Waals surface area contributed by atoms with Gasteiger partial charge in [0.15, 0.2) is 18.4 Å². The smallest absolute Gasteiger partial charge is 0.251 e. The van der Waals surface area contributed by atoms with Crippen molar-refractivity contribution < 1.29 is 90.8 Å². The monoisotopic (exact) mass is 1690 g/mol. The minimum absolute atomic E-state index is 0.0212. The highest BCUT2D eigenvalue weighted by atomic mass is 16.7. The lowest BCUT2D eigenvalue weighted by Crippen LogP contribution is -2.57. The maximum absolute atomic E-state index is 13.8. The Morgan fingerprint density at radius 2 is 0.967 bits per heavy atom. The third-order valence-corrected chi connectivity index (χ3v) is 24.6. The van der Waals surface area contributed by atoms with E-state index in [1.54, 1.807) is 20.3 Å². The molecule has 7 rings (SSSR count). The van der Waals surface area contributed by atoms with Crippen LogP contribution in [0.25, 0.3) is 0 Å². The highest BCUT2D eigenvalue weighted by Crippen LogP contribution is 2.45. The van der Waals surface area contributed by atoms with E-state index < -0.39 is 35.4 Å². The van der Waals surface area contributed by atoms with Crippen LogP contribution < -0.4 is 36.1 Å². The number of amides is 5. The summed E-state index contributed by atoms with van der Waals surface area (Å²) in [6.07, 6.45) is 19.7. The molecule has 5 amide bonds. The molecule has 3 heterocycles. The molecule has 6 N–H and O–H groups in total. The van der Waals surface area contributed by atoms with Crippen molar-refractivity contribution in [3.8, 4) is 11.5 Å². The molecule has 676 valence electrons. The highest BCUT2D eigenvalue weighted by Gasteiger charge is 2.48. The van der Waals surface area contributed by atoms with E-state index in [1.807, 2.05) is 71.6 Å². The van der Waals surface area contributed by atoms with Crippen molar-refractivity contribution >= 4 is 46.8 Å². The number of aliphatic hydroxyl groups is 1. The number of nitrogens with one attached hydrogen (secondary N) is 5. The minimum atomic E-state index is -0.993. The van der Waals surface area contributed by atoms with Crippen molar-refractivity contribution in [3.63, 3.8) is 0 Å². The summed E-state index contributed by atoms with van der Waals surface area (Å²) in [4.78, 5) is 93.4. The Kier molecular flexibility index (Phi) is 46.5. The lowest BCUT2D eigenvalue weighted by atomic mass is 9.78. The van der Waals surface area contributed by atoms with Gasteiger partial charge in [0.1, 0.15) is 22.9 Å². The van der Waals surface area contributed by atoms with Gasteiger partial charge in [-0.1, -0.05) is 180 Å². The second-order valence-corrected chi connectivity index (χ2v) is 33.7. The SMILES string of the molecule is CC[C@H]1OC(OCCOCCOCCCC(=O)c2cc(NC(=O)CCC(=O)CCCCCCCCCCCNCCCCCCCCCC(=O)N3CC(COC(c4ccccc4)(c4ccc(OC)cc4)c4ccc(OC)cc4)C(C)(CO)C3)cc(C(=O)NCCOCCOCCOC3O[C@H](CC)[C@H](C)[C@H](C)[C@H]3NC(C)=O)c2)[C@H](NC(C)=O)[C@@H](C)[C@H]1C. The van der Waals surface area contributed by atoms with Gasteiger partial charge in [-0.2, -0.15) is 0 Å². The first-order valence-electron chi connectivity index (χ1n) is 45.3. The Bertz CT molecular complexity index is 3500. The Hall–Kier alpha value is -7.27. The van der Waals surface area contributed by atoms with Gasteiger partial charge in [-0.05, 0) is 141 Å². The number of carbonyl (C=O) groups excluding carboxylic acids is 7. The van der Waals surface area contributed by atoms with E-state index in [9.17, 15) is 38.7 Å². The van der Waals surface area contributed by atoms with E-state index >= 15 is 0 Å². The molecule has 3 aliphatic rings. The fourth-order valence-corrected chi connectivity index (χ4v) is 16.7. The van der Waals surface area contributed by atoms with Crippen molar-refractivity contribution in [2.24, 2.45) is 35.0 Å². The summed E-state index contributed by atoms with van der Waals surface area (Å²) in [5.41, 5.74) is 2.02. The van der Waals surface area contributed by atoms with E-state index in [-0.39, 0.29) is 179 Å². The van der Waals surface area contributed by atoms with Crippen LogP contribution in [0.3, 0.4) is 0 Å². The third kappa shape index (κ3) is 34.0. The van der Waals surface area contributed by atoms with Gasteiger partial charge in [-0.25, -0.2) is 0 Å². The van der Waals surface area contributed by atoms with E-state index in [0.717, 1.165) is 105 Å². The Morgan fingerprint density at radius 3 is 1.46 bits per heavy atom. The summed E-state index contributed by atoms with van der Waals surface area (Å²) in [5, 5.41) is 26.2. The molecule has 0 spiro atoms. The van der Waals surface area contributed by atoms with E-state index in [4.69, 9.17) is 52.1 Å². The molecule has 0 saturated carbocycles.